The monoisotopic (exact) mass is 362 g/mol. The standard InChI is InChI=1S/C19H22N8/c20-3-2-19(9-15(10-19)26-7-5-21-6-8-26)27-12-14(11-25-27)17-16-1-4-22-18(16)24-13-23-17/h1,4,11-13,15,21H,2,5-10H2,(H,22,23,24)/t15-,19+. The zero-order valence-electron chi connectivity index (χ0n) is 15.1. The van der Waals surface area contributed by atoms with E-state index in [1.165, 1.54) is 0 Å². The molecule has 0 amide bonds. The zero-order chi connectivity index (χ0) is 18.3. The topological polar surface area (TPSA) is 98.4 Å². The van der Waals surface area contributed by atoms with E-state index >= 15 is 0 Å². The zero-order valence-corrected chi connectivity index (χ0v) is 15.1. The van der Waals surface area contributed by atoms with E-state index < -0.39 is 0 Å². The highest BCUT2D eigenvalue weighted by Gasteiger charge is 2.48. The predicted molar refractivity (Wildman–Crippen MR) is 101 cm³/mol. The summed E-state index contributed by atoms with van der Waals surface area (Å²) in [5.74, 6) is 0. The van der Waals surface area contributed by atoms with Crippen LogP contribution >= 0.6 is 0 Å². The normalized spacial score (nSPS) is 26.0. The molecule has 3 aromatic heterocycles. The molecule has 0 spiro atoms. The second-order valence-electron chi connectivity index (χ2n) is 7.54. The van der Waals surface area contributed by atoms with E-state index in [1.807, 2.05) is 29.3 Å². The van der Waals surface area contributed by atoms with Crippen LogP contribution in [0.15, 0.2) is 31.0 Å². The van der Waals surface area contributed by atoms with Crippen LogP contribution in [0.5, 0.6) is 0 Å². The number of nitrogens with one attached hydrogen (secondary N) is 2. The molecule has 0 unspecified atom stereocenters. The molecule has 0 atom stereocenters. The third-order valence-electron chi connectivity index (χ3n) is 6.00. The molecule has 5 rings (SSSR count). The van der Waals surface area contributed by atoms with Gasteiger partial charge in [-0.05, 0) is 18.9 Å². The van der Waals surface area contributed by atoms with Crippen molar-refractivity contribution in [3.05, 3.63) is 31.0 Å². The fourth-order valence-electron chi connectivity index (χ4n) is 4.49. The number of hydrogen-bond donors (Lipinski definition) is 2. The smallest absolute Gasteiger partial charge is 0.141 e. The van der Waals surface area contributed by atoms with Crippen LogP contribution in [-0.2, 0) is 5.54 Å². The second-order valence-corrected chi connectivity index (χ2v) is 7.54. The van der Waals surface area contributed by atoms with Gasteiger partial charge in [0.1, 0.15) is 12.0 Å². The fourth-order valence-corrected chi connectivity index (χ4v) is 4.49. The molecule has 138 valence electrons. The summed E-state index contributed by atoms with van der Waals surface area (Å²) in [4.78, 5) is 14.4. The first-order chi connectivity index (χ1) is 13.3. The average Bonchev–Trinajstić information content (AvgIpc) is 3.34. The van der Waals surface area contributed by atoms with Crippen LogP contribution in [0.1, 0.15) is 19.3 Å². The van der Waals surface area contributed by atoms with E-state index in [-0.39, 0.29) is 5.54 Å². The molecule has 8 nitrogen and oxygen atoms in total. The molecular formula is C19H22N8. The molecule has 0 bridgehead atoms. The molecule has 1 saturated heterocycles. The van der Waals surface area contributed by atoms with Crippen LogP contribution in [-0.4, -0.2) is 61.9 Å². The minimum absolute atomic E-state index is 0.202. The van der Waals surface area contributed by atoms with Crippen molar-refractivity contribution in [3.8, 4) is 17.3 Å². The summed E-state index contributed by atoms with van der Waals surface area (Å²) in [5, 5.41) is 18.5. The summed E-state index contributed by atoms with van der Waals surface area (Å²) in [6.45, 7) is 4.27. The third kappa shape index (κ3) is 2.71. The van der Waals surface area contributed by atoms with Gasteiger partial charge in [-0.25, -0.2) is 9.97 Å². The summed E-state index contributed by atoms with van der Waals surface area (Å²) < 4.78 is 2.00. The molecular weight excluding hydrogens is 340 g/mol. The lowest BCUT2D eigenvalue weighted by molar-refractivity contribution is -0.00108. The Morgan fingerprint density at radius 2 is 2.11 bits per heavy atom. The highest BCUT2D eigenvalue weighted by molar-refractivity contribution is 5.89. The molecule has 4 heterocycles. The van der Waals surface area contributed by atoms with Gasteiger partial charge >= 0.3 is 0 Å². The summed E-state index contributed by atoms with van der Waals surface area (Å²) in [7, 11) is 0. The Hall–Kier alpha value is -2.76. The van der Waals surface area contributed by atoms with Gasteiger partial charge in [0, 0.05) is 55.6 Å². The van der Waals surface area contributed by atoms with Gasteiger partial charge in [-0.15, -0.1) is 0 Å². The minimum Gasteiger partial charge on any atom is -0.346 e. The number of rotatable bonds is 4. The first-order valence-corrected chi connectivity index (χ1v) is 9.44. The third-order valence-corrected chi connectivity index (χ3v) is 6.00. The fraction of sp³-hybridized carbons (Fsp3) is 0.474. The Balaban J connectivity index is 1.42. The number of nitriles is 1. The lowest BCUT2D eigenvalue weighted by Gasteiger charge is -2.51. The molecule has 1 aliphatic heterocycles. The van der Waals surface area contributed by atoms with Crippen molar-refractivity contribution < 1.29 is 0 Å². The van der Waals surface area contributed by atoms with Crippen molar-refractivity contribution in [1.29, 1.82) is 5.26 Å². The number of aromatic nitrogens is 5. The quantitative estimate of drug-likeness (QED) is 0.730. The van der Waals surface area contributed by atoms with Crippen molar-refractivity contribution >= 4 is 11.0 Å². The molecule has 8 heteroatoms. The Bertz CT molecular complexity index is 984. The van der Waals surface area contributed by atoms with E-state index in [0.29, 0.717) is 12.5 Å². The largest absolute Gasteiger partial charge is 0.346 e. The SMILES string of the molecule is N#CC[C@]1(n2cc(-c3ncnc4[nH]ccc34)cn2)C[C@@H](N2CCNCC2)C1. The van der Waals surface area contributed by atoms with Crippen LogP contribution in [0, 0.1) is 11.3 Å². The number of aromatic amines is 1. The number of fused-ring (bicyclic) bond motifs is 1. The van der Waals surface area contributed by atoms with Crippen LogP contribution in [0.25, 0.3) is 22.3 Å². The van der Waals surface area contributed by atoms with Gasteiger partial charge in [0.05, 0.1) is 29.9 Å². The number of nitrogens with zero attached hydrogens (tertiary/aromatic N) is 6. The maximum atomic E-state index is 9.42. The van der Waals surface area contributed by atoms with E-state index in [2.05, 4.69) is 36.3 Å². The van der Waals surface area contributed by atoms with Gasteiger partial charge < -0.3 is 10.3 Å². The van der Waals surface area contributed by atoms with E-state index in [0.717, 1.165) is 61.3 Å². The molecule has 1 aliphatic carbocycles. The molecule has 0 radical (unpaired) electrons. The highest BCUT2D eigenvalue weighted by atomic mass is 15.3. The molecule has 1 saturated carbocycles. The van der Waals surface area contributed by atoms with Gasteiger partial charge in [-0.3, -0.25) is 9.58 Å². The van der Waals surface area contributed by atoms with Crippen LogP contribution in [0.3, 0.4) is 0 Å². The van der Waals surface area contributed by atoms with Crippen LogP contribution in [0.4, 0.5) is 0 Å². The van der Waals surface area contributed by atoms with Gasteiger partial charge in [0.2, 0.25) is 0 Å². The summed E-state index contributed by atoms with van der Waals surface area (Å²) in [6, 6.07) is 4.91. The van der Waals surface area contributed by atoms with Gasteiger partial charge in [0.15, 0.2) is 0 Å². The maximum Gasteiger partial charge on any atom is 0.141 e. The average molecular weight is 362 g/mol. The van der Waals surface area contributed by atoms with E-state index in [9.17, 15) is 5.26 Å². The maximum absolute atomic E-state index is 9.42. The van der Waals surface area contributed by atoms with Crippen molar-refractivity contribution in [2.24, 2.45) is 0 Å². The summed E-state index contributed by atoms with van der Waals surface area (Å²) >= 11 is 0. The van der Waals surface area contributed by atoms with Gasteiger partial charge in [0.25, 0.3) is 0 Å². The Labute approximate surface area is 157 Å². The first kappa shape index (κ1) is 16.4. The van der Waals surface area contributed by atoms with E-state index in [4.69, 9.17) is 0 Å². The first-order valence-electron chi connectivity index (χ1n) is 9.44. The van der Waals surface area contributed by atoms with Crippen LogP contribution in [0.2, 0.25) is 0 Å². The Kier molecular flexibility index (Phi) is 3.92. The number of H-pyrrole nitrogens is 1. The van der Waals surface area contributed by atoms with Gasteiger partial charge in [-0.2, -0.15) is 10.4 Å². The lowest BCUT2D eigenvalue weighted by Crippen LogP contribution is -2.59. The molecule has 0 aromatic carbocycles. The molecule has 2 N–H and O–H groups in total. The van der Waals surface area contributed by atoms with Crippen molar-refractivity contribution in [1.82, 2.24) is 34.9 Å². The van der Waals surface area contributed by atoms with Crippen molar-refractivity contribution in [3.63, 3.8) is 0 Å². The minimum atomic E-state index is -0.202. The molecule has 27 heavy (non-hydrogen) atoms. The number of hydrogen-bond acceptors (Lipinski definition) is 6. The second kappa shape index (κ2) is 6.44. The molecule has 2 fully saturated rings. The Morgan fingerprint density at radius 1 is 1.26 bits per heavy atom. The summed E-state index contributed by atoms with van der Waals surface area (Å²) in [6.07, 6.45) is 9.77. The van der Waals surface area contributed by atoms with Crippen LogP contribution < -0.4 is 5.32 Å². The van der Waals surface area contributed by atoms with Crippen molar-refractivity contribution in [2.45, 2.75) is 30.8 Å². The predicted octanol–water partition coefficient (Wildman–Crippen LogP) is 1.50. The summed E-state index contributed by atoms with van der Waals surface area (Å²) in [5.41, 5.74) is 2.46. The number of piperazine rings is 1. The molecule has 2 aliphatic rings. The Morgan fingerprint density at radius 3 is 2.93 bits per heavy atom. The van der Waals surface area contributed by atoms with Gasteiger partial charge in [-0.1, -0.05) is 0 Å². The van der Waals surface area contributed by atoms with Crippen molar-refractivity contribution in [2.75, 3.05) is 26.2 Å². The lowest BCUT2D eigenvalue weighted by atomic mass is 9.70. The molecule has 3 aromatic rings. The highest BCUT2D eigenvalue weighted by Crippen LogP contribution is 2.45. The van der Waals surface area contributed by atoms with E-state index in [1.54, 1.807) is 6.33 Å².